The molecule has 2 aromatic rings. The largest absolute Gasteiger partial charge is 0.481 e. The number of carboxylic acid groups (broad SMARTS) is 1. The molecule has 0 radical (unpaired) electrons. The molecule has 0 saturated heterocycles. The highest BCUT2D eigenvalue weighted by Gasteiger charge is 2.15. The topological polar surface area (TPSA) is 72.2 Å². The van der Waals surface area contributed by atoms with E-state index in [1.807, 2.05) is 11.6 Å². The third-order valence-corrected chi connectivity index (χ3v) is 5.56. The Hall–Kier alpha value is -0.990. The van der Waals surface area contributed by atoms with Gasteiger partial charge in [0.15, 0.2) is 5.16 Å². The highest BCUT2D eigenvalue weighted by atomic mass is 32.2. The van der Waals surface area contributed by atoms with Gasteiger partial charge in [-0.25, -0.2) is 4.98 Å². The standard InChI is InChI=1S/C13H16N2O3S3/c1-8(6-19-2)5-15-12(18)11-9(3-4-20-11)14-13(15)21-7-10(16)17/h3-4,8H,5-7H2,1-2H3,(H,16,17). The van der Waals surface area contributed by atoms with Gasteiger partial charge in [0.2, 0.25) is 0 Å². The van der Waals surface area contributed by atoms with Crippen molar-refractivity contribution in [1.29, 1.82) is 0 Å². The second-order valence-corrected chi connectivity index (χ2v) is 7.46. The Bertz CT molecular complexity index is 696. The Morgan fingerprint density at radius 3 is 3.00 bits per heavy atom. The van der Waals surface area contributed by atoms with Gasteiger partial charge in [-0.2, -0.15) is 11.8 Å². The fraction of sp³-hybridized carbons (Fsp3) is 0.462. The number of nitrogens with zero attached hydrogens (tertiary/aromatic N) is 2. The van der Waals surface area contributed by atoms with E-state index in [9.17, 15) is 9.59 Å². The summed E-state index contributed by atoms with van der Waals surface area (Å²) in [6, 6.07) is 1.79. The number of carbonyl (C=O) groups is 1. The molecule has 0 aromatic carbocycles. The van der Waals surface area contributed by atoms with E-state index in [0.29, 0.717) is 27.8 Å². The van der Waals surface area contributed by atoms with Crippen molar-refractivity contribution in [1.82, 2.24) is 9.55 Å². The van der Waals surface area contributed by atoms with Gasteiger partial charge in [-0.3, -0.25) is 14.2 Å². The van der Waals surface area contributed by atoms with Gasteiger partial charge < -0.3 is 5.11 Å². The van der Waals surface area contributed by atoms with Gasteiger partial charge in [-0.15, -0.1) is 11.3 Å². The highest BCUT2D eigenvalue weighted by Crippen LogP contribution is 2.22. The lowest BCUT2D eigenvalue weighted by Crippen LogP contribution is -2.26. The summed E-state index contributed by atoms with van der Waals surface area (Å²) >= 11 is 4.20. The summed E-state index contributed by atoms with van der Waals surface area (Å²) in [6.45, 7) is 2.63. The number of thioether (sulfide) groups is 2. The average molecular weight is 344 g/mol. The zero-order valence-corrected chi connectivity index (χ0v) is 14.2. The number of thiophene rings is 1. The van der Waals surface area contributed by atoms with Gasteiger partial charge in [0, 0.05) is 6.54 Å². The summed E-state index contributed by atoms with van der Waals surface area (Å²) in [7, 11) is 0. The smallest absolute Gasteiger partial charge is 0.313 e. The second kappa shape index (κ2) is 7.33. The van der Waals surface area contributed by atoms with Crippen molar-refractivity contribution < 1.29 is 9.90 Å². The van der Waals surface area contributed by atoms with Crippen LogP contribution in [0, 0.1) is 5.92 Å². The van der Waals surface area contributed by atoms with Crippen LogP contribution in [0.4, 0.5) is 0 Å². The van der Waals surface area contributed by atoms with Crippen molar-refractivity contribution in [2.45, 2.75) is 18.6 Å². The molecule has 1 atom stereocenters. The van der Waals surface area contributed by atoms with Crippen LogP contribution in [-0.4, -0.2) is 38.4 Å². The van der Waals surface area contributed by atoms with Gasteiger partial charge in [0.1, 0.15) is 4.70 Å². The molecule has 2 rings (SSSR count). The van der Waals surface area contributed by atoms with E-state index in [-0.39, 0.29) is 11.3 Å². The summed E-state index contributed by atoms with van der Waals surface area (Å²) in [5, 5.41) is 11.2. The predicted octanol–water partition coefficient (Wildman–Crippen LogP) is 2.63. The molecule has 1 N–H and O–H groups in total. The molecule has 2 aromatic heterocycles. The first-order valence-corrected chi connectivity index (χ1v) is 9.60. The van der Waals surface area contributed by atoms with Crippen LogP contribution in [0.25, 0.3) is 10.2 Å². The first-order chi connectivity index (χ1) is 10.0. The molecule has 0 bridgehead atoms. The van der Waals surface area contributed by atoms with E-state index < -0.39 is 5.97 Å². The zero-order valence-electron chi connectivity index (χ0n) is 11.7. The summed E-state index contributed by atoms with van der Waals surface area (Å²) in [5.74, 6) is 0.251. The van der Waals surface area contributed by atoms with E-state index >= 15 is 0 Å². The van der Waals surface area contributed by atoms with Crippen LogP contribution in [0.2, 0.25) is 0 Å². The molecule has 1 unspecified atom stereocenters. The second-order valence-electron chi connectivity index (χ2n) is 4.69. The van der Waals surface area contributed by atoms with E-state index in [1.165, 1.54) is 11.3 Å². The predicted molar refractivity (Wildman–Crippen MR) is 89.8 cm³/mol. The number of hydrogen-bond donors (Lipinski definition) is 1. The molecule has 8 heteroatoms. The maximum atomic E-state index is 12.6. The first kappa shape index (κ1) is 16.4. The molecule has 0 aliphatic carbocycles. The maximum Gasteiger partial charge on any atom is 0.313 e. The van der Waals surface area contributed by atoms with Crippen molar-refractivity contribution in [2.75, 3.05) is 17.8 Å². The minimum absolute atomic E-state index is 0.0733. The molecule has 114 valence electrons. The SMILES string of the molecule is CSCC(C)Cn1c(SCC(=O)O)nc2ccsc2c1=O. The molecule has 0 amide bonds. The van der Waals surface area contributed by atoms with Gasteiger partial charge in [0.05, 0.1) is 11.3 Å². The Morgan fingerprint density at radius 1 is 1.57 bits per heavy atom. The Balaban J connectivity index is 2.41. The van der Waals surface area contributed by atoms with Crippen LogP contribution in [0.15, 0.2) is 21.4 Å². The quantitative estimate of drug-likeness (QED) is 0.615. The Kier molecular flexibility index (Phi) is 5.72. The minimum Gasteiger partial charge on any atom is -0.481 e. The molecule has 2 heterocycles. The number of fused-ring (bicyclic) bond motifs is 1. The highest BCUT2D eigenvalue weighted by molar-refractivity contribution is 7.99. The Morgan fingerprint density at radius 2 is 2.33 bits per heavy atom. The monoisotopic (exact) mass is 344 g/mol. The summed E-state index contributed by atoms with van der Waals surface area (Å²) in [4.78, 5) is 27.8. The molecule has 0 fully saturated rings. The lowest BCUT2D eigenvalue weighted by atomic mass is 10.2. The summed E-state index contributed by atoms with van der Waals surface area (Å²) in [6.07, 6.45) is 2.03. The number of carboxylic acids is 1. The molecular weight excluding hydrogens is 328 g/mol. The molecule has 0 spiro atoms. The van der Waals surface area contributed by atoms with E-state index in [1.54, 1.807) is 22.4 Å². The molecular formula is C13H16N2O3S3. The zero-order chi connectivity index (χ0) is 15.4. The van der Waals surface area contributed by atoms with Gasteiger partial charge in [-0.05, 0) is 29.4 Å². The summed E-state index contributed by atoms with van der Waals surface area (Å²) < 4.78 is 2.25. The van der Waals surface area contributed by atoms with Gasteiger partial charge >= 0.3 is 5.97 Å². The molecule has 0 saturated carbocycles. The molecule has 0 aliphatic heterocycles. The van der Waals surface area contributed by atoms with Crippen molar-refractivity contribution in [3.05, 3.63) is 21.8 Å². The van der Waals surface area contributed by atoms with Crippen molar-refractivity contribution >= 4 is 51.0 Å². The number of aromatic nitrogens is 2. The Labute approximate surface area is 134 Å². The average Bonchev–Trinajstić information content (AvgIpc) is 2.88. The minimum atomic E-state index is -0.914. The molecule has 21 heavy (non-hydrogen) atoms. The number of rotatable bonds is 7. The maximum absolute atomic E-state index is 12.6. The van der Waals surface area contributed by atoms with E-state index in [4.69, 9.17) is 5.11 Å². The van der Waals surface area contributed by atoms with Crippen molar-refractivity contribution in [2.24, 2.45) is 5.92 Å². The van der Waals surface area contributed by atoms with Crippen molar-refractivity contribution in [3.8, 4) is 0 Å². The molecule has 5 nitrogen and oxygen atoms in total. The van der Waals surface area contributed by atoms with Crippen LogP contribution < -0.4 is 5.56 Å². The van der Waals surface area contributed by atoms with Crippen LogP contribution >= 0.6 is 34.9 Å². The molecule has 0 aliphatic rings. The lowest BCUT2D eigenvalue weighted by molar-refractivity contribution is -0.133. The fourth-order valence-electron chi connectivity index (χ4n) is 1.97. The van der Waals surface area contributed by atoms with E-state index in [0.717, 1.165) is 17.5 Å². The van der Waals surface area contributed by atoms with Crippen LogP contribution in [0.1, 0.15) is 6.92 Å². The fourth-order valence-corrected chi connectivity index (χ4v) is 4.15. The van der Waals surface area contributed by atoms with Crippen molar-refractivity contribution in [3.63, 3.8) is 0 Å². The van der Waals surface area contributed by atoms with Crippen LogP contribution in [0.5, 0.6) is 0 Å². The summed E-state index contributed by atoms with van der Waals surface area (Å²) in [5.41, 5.74) is 0.572. The lowest BCUT2D eigenvalue weighted by Gasteiger charge is -2.15. The number of aliphatic carboxylic acids is 1. The number of hydrogen-bond acceptors (Lipinski definition) is 6. The van der Waals surface area contributed by atoms with Gasteiger partial charge in [-0.1, -0.05) is 18.7 Å². The first-order valence-electron chi connectivity index (χ1n) is 6.34. The van der Waals surface area contributed by atoms with Gasteiger partial charge in [0.25, 0.3) is 5.56 Å². The third kappa shape index (κ3) is 4.02. The third-order valence-electron chi connectivity index (χ3n) is 2.80. The van der Waals surface area contributed by atoms with Crippen LogP contribution in [0.3, 0.4) is 0 Å². The van der Waals surface area contributed by atoms with E-state index in [2.05, 4.69) is 11.9 Å². The van der Waals surface area contributed by atoms with Crippen LogP contribution in [-0.2, 0) is 11.3 Å². The normalized spacial score (nSPS) is 12.7.